The summed E-state index contributed by atoms with van der Waals surface area (Å²) in [5.41, 5.74) is 5.99. The van der Waals surface area contributed by atoms with Crippen molar-refractivity contribution in [2.75, 3.05) is 0 Å². The minimum Gasteiger partial charge on any atom is -0.328 e. The molecule has 4 fully saturated rings. The Bertz CT molecular complexity index is 348. The summed E-state index contributed by atoms with van der Waals surface area (Å²) in [4.78, 5) is 5.45. The van der Waals surface area contributed by atoms with Gasteiger partial charge in [-0.2, -0.15) is 0 Å². The van der Waals surface area contributed by atoms with E-state index in [0.717, 1.165) is 42.2 Å². The molecule has 0 spiro atoms. The first-order chi connectivity index (χ1) is 11.4. The van der Waals surface area contributed by atoms with Gasteiger partial charge in [-0.1, -0.05) is 6.92 Å². The highest BCUT2D eigenvalue weighted by atomic mass is 35.5. The van der Waals surface area contributed by atoms with Gasteiger partial charge in [0.15, 0.2) is 0 Å². The van der Waals surface area contributed by atoms with Gasteiger partial charge in [0.2, 0.25) is 0 Å². The van der Waals surface area contributed by atoms with E-state index in [2.05, 4.69) is 44.4 Å². The zero-order valence-electron chi connectivity index (χ0n) is 17.2. The predicted molar refractivity (Wildman–Crippen MR) is 110 cm³/mol. The minimum atomic E-state index is 0. The number of halogens is 1. The lowest BCUT2D eigenvalue weighted by Gasteiger charge is -2.40. The van der Waals surface area contributed by atoms with Crippen LogP contribution in [0.1, 0.15) is 86.0 Å². The molecule has 0 radical (unpaired) electrons. The van der Waals surface area contributed by atoms with Crippen molar-refractivity contribution in [3.63, 3.8) is 0 Å². The molecule has 4 heteroatoms. The molecule has 4 aliphatic rings. The van der Waals surface area contributed by atoms with E-state index in [1.807, 2.05) is 0 Å². The molecule has 0 aromatic rings. The molecular formula is C21H42ClN3. The molecule has 4 heterocycles. The number of rotatable bonds is 2. The summed E-state index contributed by atoms with van der Waals surface area (Å²) in [6, 6.07) is 5.44. The molecular weight excluding hydrogens is 330 g/mol. The average Bonchev–Trinajstić information content (AvgIpc) is 2.92. The molecule has 4 bridgehead atoms. The van der Waals surface area contributed by atoms with Crippen LogP contribution in [-0.2, 0) is 0 Å². The second kappa shape index (κ2) is 8.91. The quantitative estimate of drug-likeness (QED) is 0.779. The van der Waals surface area contributed by atoms with Gasteiger partial charge in [0.05, 0.1) is 0 Å². The molecule has 0 aromatic carbocycles. The van der Waals surface area contributed by atoms with Crippen LogP contribution < -0.4 is 5.73 Å². The Morgan fingerprint density at radius 1 is 0.680 bits per heavy atom. The lowest BCUT2D eigenvalue weighted by Crippen LogP contribution is -2.50. The predicted octanol–water partition coefficient (Wildman–Crippen LogP) is 4.43. The standard InChI is InChI=1S/C11H21N.C10H20N2.ClH/c1-8(2)12-10-4-5-11(12)7-9(3)6-10;1-7(2)12-9-3-4-10(12)6-8(11)5-9;/h8-11H,4-7H2,1-3H3;7-10H,3-6,11H2,1-2H3;1H. The van der Waals surface area contributed by atoms with Gasteiger partial charge in [-0.3, -0.25) is 9.80 Å². The molecule has 4 unspecified atom stereocenters. The normalized spacial score (nSPS) is 40.8. The highest BCUT2D eigenvalue weighted by molar-refractivity contribution is 5.85. The molecule has 3 nitrogen and oxygen atoms in total. The fourth-order valence-corrected chi connectivity index (χ4v) is 6.43. The first-order valence-electron chi connectivity index (χ1n) is 10.7. The molecule has 4 atom stereocenters. The van der Waals surface area contributed by atoms with Crippen LogP contribution >= 0.6 is 12.4 Å². The molecule has 0 aromatic heterocycles. The molecule has 0 amide bonds. The summed E-state index contributed by atoms with van der Waals surface area (Å²) in [6.45, 7) is 11.7. The second-order valence-corrected chi connectivity index (χ2v) is 9.66. The number of nitrogens with two attached hydrogens (primary N) is 1. The van der Waals surface area contributed by atoms with Crippen molar-refractivity contribution in [2.24, 2.45) is 11.7 Å². The van der Waals surface area contributed by atoms with Gasteiger partial charge in [0.25, 0.3) is 0 Å². The smallest absolute Gasteiger partial charge is 0.0116 e. The average molecular weight is 372 g/mol. The van der Waals surface area contributed by atoms with Gasteiger partial charge >= 0.3 is 0 Å². The summed E-state index contributed by atoms with van der Waals surface area (Å²) >= 11 is 0. The van der Waals surface area contributed by atoms with Crippen molar-refractivity contribution in [1.82, 2.24) is 9.80 Å². The van der Waals surface area contributed by atoms with E-state index in [4.69, 9.17) is 5.73 Å². The highest BCUT2D eigenvalue weighted by Gasteiger charge is 2.41. The Morgan fingerprint density at radius 2 is 1.00 bits per heavy atom. The zero-order valence-corrected chi connectivity index (χ0v) is 18.0. The maximum absolute atomic E-state index is 5.99. The van der Waals surface area contributed by atoms with Gasteiger partial charge in [-0.25, -0.2) is 0 Å². The molecule has 4 aliphatic heterocycles. The van der Waals surface area contributed by atoms with Gasteiger partial charge < -0.3 is 5.73 Å². The molecule has 25 heavy (non-hydrogen) atoms. The number of hydrogen-bond acceptors (Lipinski definition) is 3. The Kier molecular flexibility index (Phi) is 7.65. The Morgan fingerprint density at radius 3 is 1.32 bits per heavy atom. The van der Waals surface area contributed by atoms with Crippen molar-refractivity contribution < 1.29 is 0 Å². The van der Waals surface area contributed by atoms with E-state index in [-0.39, 0.29) is 12.4 Å². The van der Waals surface area contributed by atoms with E-state index in [9.17, 15) is 0 Å². The van der Waals surface area contributed by atoms with Crippen LogP contribution in [0.15, 0.2) is 0 Å². The second-order valence-electron chi connectivity index (χ2n) is 9.66. The van der Waals surface area contributed by atoms with E-state index < -0.39 is 0 Å². The van der Waals surface area contributed by atoms with Crippen molar-refractivity contribution in [3.8, 4) is 0 Å². The van der Waals surface area contributed by atoms with Gasteiger partial charge in [-0.15, -0.1) is 12.4 Å². The number of hydrogen-bond donors (Lipinski definition) is 1. The topological polar surface area (TPSA) is 32.5 Å². The monoisotopic (exact) mass is 371 g/mol. The highest BCUT2D eigenvalue weighted by Crippen LogP contribution is 2.39. The van der Waals surface area contributed by atoms with E-state index in [1.165, 1.54) is 51.4 Å². The maximum atomic E-state index is 5.99. The molecule has 4 saturated heterocycles. The summed E-state index contributed by atoms with van der Waals surface area (Å²) < 4.78 is 0. The van der Waals surface area contributed by atoms with Crippen molar-refractivity contribution in [1.29, 1.82) is 0 Å². The first kappa shape index (κ1) is 21.5. The largest absolute Gasteiger partial charge is 0.328 e. The minimum absolute atomic E-state index is 0. The zero-order chi connectivity index (χ0) is 17.4. The number of nitrogens with zero attached hydrogens (tertiary/aromatic N) is 2. The van der Waals surface area contributed by atoms with Crippen LogP contribution in [-0.4, -0.2) is 52.1 Å². The molecule has 0 saturated carbocycles. The molecule has 4 rings (SSSR count). The Balaban J connectivity index is 0.000000173. The van der Waals surface area contributed by atoms with Crippen LogP contribution in [0.5, 0.6) is 0 Å². The lowest BCUT2D eigenvalue weighted by molar-refractivity contribution is 0.0786. The number of fused-ring (bicyclic) bond motifs is 4. The fraction of sp³-hybridized carbons (Fsp3) is 1.00. The Hall–Kier alpha value is 0.170. The summed E-state index contributed by atoms with van der Waals surface area (Å²) in [5, 5.41) is 0. The maximum Gasteiger partial charge on any atom is 0.0116 e. The van der Waals surface area contributed by atoms with Gasteiger partial charge in [0, 0.05) is 42.3 Å². The van der Waals surface area contributed by atoms with Crippen LogP contribution in [0.4, 0.5) is 0 Å². The van der Waals surface area contributed by atoms with Crippen LogP contribution in [0.3, 0.4) is 0 Å². The molecule has 2 N–H and O–H groups in total. The van der Waals surface area contributed by atoms with E-state index in [0.29, 0.717) is 6.04 Å². The van der Waals surface area contributed by atoms with Crippen LogP contribution in [0.25, 0.3) is 0 Å². The first-order valence-corrected chi connectivity index (χ1v) is 10.7. The fourth-order valence-electron chi connectivity index (χ4n) is 6.43. The third kappa shape index (κ3) is 4.72. The van der Waals surface area contributed by atoms with E-state index in [1.54, 1.807) is 0 Å². The molecule has 148 valence electrons. The number of piperidine rings is 2. The summed E-state index contributed by atoms with van der Waals surface area (Å²) in [6.07, 6.45) is 11.1. The third-order valence-electron chi connectivity index (χ3n) is 7.04. The van der Waals surface area contributed by atoms with Crippen LogP contribution in [0.2, 0.25) is 0 Å². The lowest BCUT2D eigenvalue weighted by atomic mass is 9.91. The molecule has 0 aliphatic carbocycles. The van der Waals surface area contributed by atoms with Crippen molar-refractivity contribution >= 4 is 12.4 Å². The van der Waals surface area contributed by atoms with Crippen LogP contribution in [0, 0.1) is 5.92 Å². The van der Waals surface area contributed by atoms with Crippen molar-refractivity contribution in [3.05, 3.63) is 0 Å². The van der Waals surface area contributed by atoms with Crippen molar-refractivity contribution in [2.45, 2.75) is 128 Å². The van der Waals surface area contributed by atoms with Gasteiger partial charge in [0.1, 0.15) is 0 Å². The Labute approximate surface area is 162 Å². The van der Waals surface area contributed by atoms with Gasteiger partial charge in [-0.05, 0) is 85.0 Å². The third-order valence-corrected chi connectivity index (χ3v) is 7.04. The summed E-state index contributed by atoms with van der Waals surface area (Å²) in [5.74, 6) is 0.984. The van der Waals surface area contributed by atoms with E-state index >= 15 is 0 Å². The SMILES string of the molecule is CC(C)N1C2CCC1CC(N)C2.CC1CC2CCC(C1)N2C(C)C.Cl. The summed E-state index contributed by atoms with van der Waals surface area (Å²) in [7, 11) is 0.